The van der Waals surface area contributed by atoms with Crippen LogP contribution in [0.1, 0.15) is 30.4 Å². The number of para-hydroxylation sites is 1. The maximum absolute atomic E-state index is 12.7. The van der Waals surface area contributed by atoms with Crippen molar-refractivity contribution in [1.29, 1.82) is 0 Å². The summed E-state index contributed by atoms with van der Waals surface area (Å²) in [4.78, 5) is 46.2. The molecule has 2 aromatic carbocycles. The normalized spacial score (nSPS) is 12.6. The van der Waals surface area contributed by atoms with E-state index in [1.807, 2.05) is 0 Å². The van der Waals surface area contributed by atoms with Crippen molar-refractivity contribution in [3.63, 3.8) is 0 Å². The third-order valence-electron chi connectivity index (χ3n) is 4.55. The molecule has 0 radical (unpaired) electrons. The monoisotopic (exact) mass is 400 g/mol. The molecule has 0 bridgehead atoms. The van der Waals surface area contributed by atoms with E-state index < -0.39 is 40.0 Å². The van der Waals surface area contributed by atoms with Gasteiger partial charge in [-0.3, -0.25) is 25.0 Å². The minimum Gasteiger partial charge on any atom is -0.455 e. The highest BCUT2D eigenvalue weighted by Crippen LogP contribution is 2.34. The Morgan fingerprint density at radius 3 is 2.21 bits per heavy atom. The summed E-state index contributed by atoms with van der Waals surface area (Å²) >= 11 is 0. The molecule has 9 heteroatoms. The largest absolute Gasteiger partial charge is 0.455 e. The van der Waals surface area contributed by atoms with Crippen LogP contribution in [0.25, 0.3) is 0 Å². The number of nitrogens with zero attached hydrogens (tertiary/aromatic N) is 2. The summed E-state index contributed by atoms with van der Waals surface area (Å²) in [6.45, 7) is 0.753. The minimum atomic E-state index is -1.13. The van der Waals surface area contributed by atoms with Crippen molar-refractivity contribution in [3.05, 3.63) is 86.0 Å². The number of benzene rings is 2. The average Bonchev–Trinajstić information content (AvgIpc) is 2.72. The lowest BCUT2D eigenvalue weighted by molar-refractivity contribution is -0.484. The van der Waals surface area contributed by atoms with Gasteiger partial charge in [-0.05, 0) is 12.0 Å². The highest BCUT2D eigenvalue weighted by molar-refractivity contribution is 6.34. The lowest BCUT2D eigenvalue weighted by Crippen LogP contribution is -2.33. The molecular weight excluding hydrogens is 380 g/mol. The third kappa shape index (κ3) is 5.68. The van der Waals surface area contributed by atoms with Crippen molar-refractivity contribution in [1.82, 2.24) is 0 Å². The number of nitro benzene ring substituents is 1. The third-order valence-corrected chi connectivity index (χ3v) is 4.55. The number of nitro groups is 2. The highest BCUT2D eigenvalue weighted by Gasteiger charge is 2.39. The first kappa shape index (κ1) is 21.7. The van der Waals surface area contributed by atoms with Gasteiger partial charge in [-0.15, -0.1) is 0 Å². The quantitative estimate of drug-likeness (QED) is 0.259. The molecule has 0 saturated heterocycles. The first-order valence-corrected chi connectivity index (χ1v) is 8.95. The Morgan fingerprint density at radius 2 is 1.62 bits per heavy atom. The summed E-state index contributed by atoms with van der Waals surface area (Å²) in [5.41, 5.74) is 0.399. The lowest BCUT2D eigenvalue weighted by atomic mass is 9.80. The number of carbonyl (C=O) groups excluding carboxylic acids is 2. The van der Waals surface area contributed by atoms with Crippen LogP contribution in [0, 0.1) is 26.1 Å². The van der Waals surface area contributed by atoms with Gasteiger partial charge in [-0.2, -0.15) is 0 Å². The zero-order chi connectivity index (χ0) is 21.4. The van der Waals surface area contributed by atoms with Gasteiger partial charge in [0.1, 0.15) is 6.61 Å². The van der Waals surface area contributed by atoms with Crippen molar-refractivity contribution in [2.45, 2.75) is 25.9 Å². The molecule has 9 nitrogen and oxygen atoms in total. The standard InChI is InChI=1S/C20H20N2O7/c1-2-15(19(23)20(24)29-13-14-8-4-3-5-9-14)17(12-21(25)26)16-10-6-7-11-18(16)22(27)28/h3-11,15,17H,2,12-13H2,1H3/t15-,17-/m1/s1. The van der Waals surface area contributed by atoms with Crippen molar-refractivity contribution in [2.75, 3.05) is 6.54 Å². The van der Waals surface area contributed by atoms with Crippen molar-refractivity contribution in [3.8, 4) is 0 Å². The molecule has 0 fully saturated rings. The second-order valence-electron chi connectivity index (χ2n) is 6.38. The number of ether oxygens (including phenoxy) is 1. The minimum absolute atomic E-state index is 0.0465. The van der Waals surface area contributed by atoms with Crippen LogP contribution in [0.5, 0.6) is 0 Å². The van der Waals surface area contributed by atoms with Gasteiger partial charge in [0.05, 0.1) is 10.8 Å². The van der Waals surface area contributed by atoms with E-state index in [1.165, 1.54) is 24.3 Å². The first-order chi connectivity index (χ1) is 13.8. The molecule has 0 saturated carbocycles. The fourth-order valence-electron chi connectivity index (χ4n) is 3.17. The van der Waals surface area contributed by atoms with Crippen LogP contribution in [0.15, 0.2) is 54.6 Å². The number of hydrogen-bond acceptors (Lipinski definition) is 7. The van der Waals surface area contributed by atoms with Gasteiger partial charge >= 0.3 is 5.97 Å². The number of rotatable bonds is 10. The molecule has 152 valence electrons. The second-order valence-corrected chi connectivity index (χ2v) is 6.38. The summed E-state index contributed by atoms with van der Waals surface area (Å²) in [5.74, 6) is -4.31. The molecule has 0 unspecified atom stereocenters. The number of ketones is 1. The Labute approximate surface area is 166 Å². The molecule has 0 heterocycles. The number of esters is 1. The number of hydrogen-bond donors (Lipinski definition) is 0. The SMILES string of the molecule is CC[C@@H](C(=O)C(=O)OCc1ccccc1)[C@@H](C[N+](=O)[O-])c1ccccc1[N+](=O)[O-]. The van der Waals surface area contributed by atoms with E-state index >= 15 is 0 Å². The Hall–Kier alpha value is -3.62. The van der Waals surface area contributed by atoms with Gasteiger partial charge in [-0.1, -0.05) is 55.5 Å². The van der Waals surface area contributed by atoms with E-state index in [4.69, 9.17) is 4.74 Å². The van der Waals surface area contributed by atoms with Crippen molar-refractivity contribution in [2.24, 2.45) is 5.92 Å². The topological polar surface area (TPSA) is 130 Å². The van der Waals surface area contributed by atoms with Gasteiger partial charge in [0.25, 0.3) is 5.69 Å². The van der Waals surface area contributed by atoms with Crippen LogP contribution in [0.3, 0.4) is 0 Å². The van der Waals surface area contributed by atoms with Crippen LogP contribution in [-0.2, 0) is 20.9 Å². The van der Waals surface area contributed by atoms with E-state index in [1.54, 1.807) is 37.3 Å². The maximum atomic E-state index is 12.7. The summed E-state index contributed by atoms with van der Waals surface area (Å²) < 4.78 is 5.05. The van der Waals surface area contributed by atoms with Gasteiger partial charge in [-0.25, -0.2) is 4.79 Å². The molecule has 2 aromatic rings. The molecule has 0 aliphatic carbocycles. The van der Waals surface area contributed by atoms with E-state index in [0.717, 1.165) is 0 Å². The molecule has 0 amide bonds. The van der Waals surface area contributed by atoms with Crippen LogP contribution in [0.4, 0.5) is 5.69 Å². The fraction of sp³-hybridized carbons (Fsp3) is 0.300. The molecule has 29 heavy (non-hydrogen) atoms. The van der Waals surface area contributed by atoms with Crippen LogP contribution in [0.2, 0.25) is 0 Å². The van der Waals surface area contributed by atoms with Crippen molar-refractivity contribution >= 4 is 17.4 Å². The predicted molar refractivity (Wildman–Crippen MR) is 103 cm³/mol. The van der Waals surface area contributed by atoms with Gasteiger partial charge < -0.3 is 4.74 Å². The molecule has 0 aliphatic rings. The molecule has 2 rings (SSSR count). The predicted octanol–water partition coefficient (Wildman–Crippen LogP) is 3.29. The van der Waals surface area contributed by atoms with Crippen LogP contribution < -0.4 is 0 Å². The number of Topliss-reactive ketones (excluding diaryl/α,β-unsaturated/α-hetero) is 1. The van der Waals surface area contributed by atoms with E-state index in [-0.39, 0.29) is 24.3 Å². The van der Waals surface area contributed by atoms with Gasteiger partial charge in [0.15, 0.2) is 0 Å². The molecular formula is C20H20N2O7. The summed E-state index contributed by atoms with van der Waals surface area (Å²) in [5, 5.41) is 22.5. The van der Waals surface area contributed by atoms with Gasteiger partial charge in [0, 0.05) is 22.5 Å². The first-order valence-electron chi connectivity index (χ1n) is 8.95. The van der Waals surface area contributed by atoms with Crippen LogP contribution >= 0.6 is 0 Å². The lowest BCUT2D eigenvalue weighted by Gasteiger charge is -2.21. The Kier molecular flexibility index (Phi) is 7.53. The van der Waals surface area contributed by atoms with E-state index in [2.05, 4.69) is 0 Å². The molecule has 0 aliphatic heterocycles. The summed E-state index contributed by atoms with van der Waals surface area (Å²) in [6.07, 6.45) is 0.0871. The van der Waals surface area contributed by atoms with Crippen molar-refractivity contribution < 1.29 is 24.2 Å². The maximum Gasteiger partial charge on any atom is 0.375 e. The average molecular weight is 400 g/mol. The van der Waals surface area contributed by atoms with Gasteiger partial charge in [0.2, 0.25) is 12.3 Å². The fourth-order valence-corrected chi connectivity index (χ4v) is 3.17. The smallest absolute Gasteiger partial charge is 0.375 e. The Balaban J connectivity index is 2.28. The van der Waals surface area contributed by atoms with Crippen LogP contribution in [-0.4, -0.2) is 28.1 Å². The Bertz CT molecular complexity index is 899. The Morgan fingerprint density at radius 1 is 1.00 bits per heavy atom. The molecule has 0 spiro atoms. The number of carbonyl (C=O) groups is 2. The van der Waals surface area contributed by atoms with E-state index in [9.17, 15) is 29.8 Å². The second kappa shape index (κ2) is 10.1. The molecule has 0 N–H and O–H groups in total. The molecule has 2 atom stereocenters. The highest BCUT2D eigenvalue weighted by atomic mass is 16.6. The molecule has 0 aromatic heterocycles. The van der Waals surface area contributed by atoms with E-state index in [0.29, 0.717) is 5.56 Å². The zero-order valence-corrected chi connectivity index (χ0v) is 15.7. The summed E-state index contributed by atoms with van der Waals surface area (Å²) in [6, 6.07) is 14.3. The summed E-state index contributed by atoms with van der Waals surface area (Å²) in [7, 11) is 0. The zero-order valence-electron chi connectivity index (χ0n) is 15.7.